The van der Waals surface area contributed by atoms with Gasteiger partial charge in [-0.15, -0.1) is 0 Å². The minimum atomic E-state index is -3.65. The van der Waals surface area contributed by atoms with Gasteiger partial charge in [-0.3, -0.25) is 0 Å². The third-order valence-electron chi connectivity index (χ3n) is 11.9. The average Bonchev–Trinajstić information content (AvgIpc) is 3.93. The first-order chi connectivity index (χ1) is 28.3. The third kappa shape index (κ3) is 4.62. The molecule has 0 bridgehead atoms. The Balaban J connectivity index is 1.14. The van der Waals surface area contributed by atoms with Crippen molar-refractivity contribution in [3.05, 3.63) is 200 Å². The van der Waals surface area contributed by atoms with Crippen LogP contribution in [-0.4, -0.2) is 27.8 Å². The number of para-hydroxylation sites is 2. The van der Waals surface area contributed by atoms with E-state index in [1.165, 1.54) is 33.9 Å². The van der Waals surface area contributed by atoms with E-state index >= 15 is 0 Å². The van der Waals surface area contributed by atoms with Gasteiger partial charge in [0.2, 0.25) is 0 Å². The van der Waals surface area contributed by atoms with Crippen molar-refractivity contribution in [2.75, 3.05) is 0 Å². The molecular formula is C52H33GeN3O. The van der Waals surface area contributed by atoms with Crippen molar-refractivity contribution < 1.29 is 4.42 Å². The molecule has 266 valence electrons. The Hall–Kier alpha value is -7.02. The standard InChI is InChI=1S/C52H33GeN3O/c1-4-17-34(18-5-1)50-49-51(39-25-10-13-28-42(39)53(49,36-20-6-2-7-21-36)37-22-8-3-9-23-37)55-52(54-50)35-19-16-24-38(33-35)56-43-29-14-11-26-40(43)47-44(56)31-32-46-48(47)41-27-12-15-30-45(41)57-46/h1-33H. The Kier molecular flexibility index (Phi) is 7.07. The van der Waals surface area contributed by atoms with E-state index < -0.39 is 13.3 Å². The maximum absolute atomic E-state index is 6.36. The zero-order chi connectivity index (χ0) is 37.5. The summed E-state index contributed by atoms with van der Waals surface area (Å²) in [4.78, 5) is 11.3. The van der Waals surface area contributed by atoms with E-state index in [2.05, 4.69) is 199 Å². The number of fused-ring (bicyclic) bond motifs is 10. The van der Waals surface area contributed by atoms with Crippen LogP contribution < -0.4 is 17.6 Å². The van der Waals surface area contributed by atoms with Crippen molar-refractivity contribution in [3.8, 4) is 39.6 Å². The van der Waals surface area contributed by atoms with Gasteiger partial charge < -0.3 is 4.42 Å². The molecule has 0 spiro atoms. The molecule has 0 atom stereocenters. The summed E-state index contributed by atoms with van der Waals surface area (Å²) in [5.74, 6) is 0.715. The summed E-state index contributed by atoms with van der Waals surface area (Å²) in [5, 5.41) is 4.66. The first kappa shape index (κ1) is 32.2. The molecule has 5 heteroatoms. The molecule has 4 heterocycles. The molecule has 57 heavy (non-hydrogen) atoms. The fourth-order valence-electron chi connectivity index (χ4n) is 9.58. The van der Waals surface area contributed by atoms with Gasteiger partial charge in [0.25, 0.3) is 0 Å². The van der Waals surface area contributed by atoms with Gasteiger partial charge in [-0.2, -0.15) is 0 Å². The summed E-state index contributed by atoms with van der Waals surface area (Å²) in [6.45, 7) is 0. The predicted octanol–water partition coefficient (Wildman–Crippen LogP) is 10.2. The van der Waals surface area contributed by atoms with Crippen LogP contribution in [0, 0.1) is 0 Å². The number of rotatable bonds is 5. The number of benzene rings is 8. The van der Waals surface area contributed by atoms with Crippen LogP contribution >= 0.6 is 0 Å². The van der Waals surface area contributed by atoms with E-state index in [-0.39, 0.29) is 0 Å². The Bertz CT molecular complexity index is 3310. The second kappa shape index (κ2) is 12.5. The van der Waals surface area contributed by atoms with E-state index in [0.717, 1.165) is 61.2 Å². The van der Waals surface area contributed by atoms with Crippen LogP contribution in [0.2, 0.25) is 0 Å². The molecule has 0 N–H and O–H groups in total. The summed E-state index contributed by atoms with van der Waals surface area (Å²) in [6.07, 6.45) is 0. The number of hydrogen-bond acceptors (Lipinski definition) is 3. The van der Waals surface area contributed by atoms with Crippen LogP contribution in [0.5, 0.6) is 0 Å². The van der Waals surface area contributed by atoms with Crippen LogP contribution in [0.3, 0.4) is 0 Å². The molecule has 3 aromatic heterocycles. The molecule has 0 unspecified atom stereocenters. The maximum atomic E-state index is 6.36. The molecule has 0 saturated carbocycles. The first-order valence-electron chi connectivity index (χ1n) is 19.4. The van der Waals surface area contributed by atoms with Crippen LogP contribution in [0.1, 0.15) is 0 Å². The summed E-state index contributed by atoms with van der Waals surface area (Å²) in [7, 11) is 0. The Labute approximate surface area is 331 Å². The molecule has 0 fully saturated rings. The molecule has 1 aliphatic heterocycles. The summed E-state index contributed by atoms with van der Waals surface area (Å²) in [5.41, 5.74) is 10.4. The molecular weight excluding hydrogens is 755 g/mol. The van der Waals surface area contributed by atoms with Crippen molar-refractivity contribution in [2.24, 2.45) is 0 Å². The van der Waals surface area contributed by atoms with Crippen LogP contribution in [0.15, 0.2) is 205 Å². The van der Waals surface area contributed by atoms with E-state index in [0.29, 0.717) is 5.82 Å². The van der Waals surface area contributed by atoms with Crippen LogP contribution in [0.4, 0.5) is 0 Å². The fourth-order valence-corrected chi connectivity index (χ4v) is 20.6. The van der Waals surface area contributed by atoms with E-state index in [1.807, 2.05) is 6.07 Å². The van der Waals surface area contributed by atoms with Gasteiger partial charge >= 0.3 is 299 Å². The van der Waals surface area contributed by atoms with E-state index in [1.54, 1.807) is 0 Å². The van der Waals surface area contributed by atoms with Crippen molar-refractivity contribution in [1.29, 1.82) is 0 Å². The predicted molar refractivity (Wildman–Crippen MR) is 237 cm³/mol. The summed E-state index contributed by atoms with van der Waals surface area (Å²) >= 11 is -3.65. The molecule has 0 radical (unpaired) electrons. The number of furan rings is 1. The Morgan fingerprint density at radius 1 is 0.439 bits per heavy atom. The topological polar surface area (TPSA) is 43.9 Å². The molecule has 0 saturated heterocycles. The quantitative estimate of drug-likeness (QED) is 0.163. The summed E-state index contributed by atoms with van der Waals surface area (Å²) in [6, 6.07) is 72.1. The van der Waals surface area contributed by atoms with Gasteiger partial charge in [-0.1, -0.05) is 18.2 Å². The molecule has 1 aliphatic rings. The zero-order valence-corrected chi connectivity index (χ0v) is 32.9. The van der Waals surface area contributed by atoms with Gasteiger partial charge in [0.05, 0.1) is 0 Å². The second-order valence-corrected chi connectivity index (χ2v) is 22.6. The molecule has 12 rings (SSSR count). The Morgan fingerprint density at radius 3 is 1.86 bits per heavy atom. The normalized spacial score (nSPS) is 13.1. The number of aromatic nitrogens is 3. The van der Waals surface area contributed by atoms with E-state index in [9.17, 15) is 0 Å². The van der Waals surface area contributed by atoms with Gasteiger partial charge in [0, 0.05) is 0 Å². The van der Waals surface area contributed by atoms with Gasteiger partial charge in [-0.25, -0.2) is 0 Å². The van der Waals surface area contributed by atoms with Crippen molar-refractivity contribution in [1.82, 2.24) is 14.5 Å². The van der Waals surface area contributed by atoms with Crippen LogP contribution in [0.25, 0.3) is 83.3 Å². The molecule has 0 amide bonds. The van der Waals surface area contributed by atoms with Gasteiger partial charge in [0.1, 0.15) is 5.58 Å². The molecule has 11 aromatic rings. The second-order valence-electron chi connectivity index (χ2n) is 14.8. The average molecular weight is 788 g/mol. The first-order valence-corrected chi connectivity index (χ1v) is 23.6. The van der Waals surface area contributed by atoms with Crippen molar-refractivity contribution >= 4 is 74.6 Å². The van der Waals surface area contributed by atoms with Crippen LogP contribution in [-0.2, 0) is 0 Å². The van der Waals surface area contributed by atoms with Gasteiger partial charge in [-0.05, 0) is 6.07 Å². The van der Waals surface area contributed by atoms with E-state index in [4.69, 9.17) is 14.4 Å². The minimum absolute atomic E-state index is 0.715. The van der Waals surface area contributed by atoms with Gasteiger partial charge in [0.15, 0.2) is 0 Å². The molecule has 4 nitrogen and oxygen atoms in total. The van der Waals surface area contributed by atoms with Crippen molar-refractivity contribution in [2.45, 2.75) is 0 Å². The fraction of sp³-hybridized carbons (Fsp3) is 0. The van der Waals surface area contributed by atoms with Crippen molar-refractivity contribution in [3.63, 3.8) is 0 Å². The Morgan fingerprint density at radius 2 is 1.07 bits per heavy atom. The SMILES string of the molecule is c1ccc(-c2nc(-c3cccc(-n4c5ccccc5c5c6c(ccc54)oc4ccccc46)c3)nc3[c]2[Ge]([c]2ccccc2)([c]2ccccc2)[c]2ccccc2-3)cc1. The molecule has 8 aromatic carbocycles. The number of hydrogen-bond donors (Lipinski definition) is 0. The molecule has 0 aliphatic carbocycles. The number of nitrogens with zero attached hydrogens (tertiary/aromatic N) is 3. The zero-order valence-electron chi connectivity index (χ0n) is 30.8. The summed E-state index contributed by atoms with van der Waals surface area (Å²) < 4.78 is 14.2. The third-order valence-corrected chi connectivity index (χ3v) is 22.1. The monoisotopic (exact) mass is 789 g/mol.